The topological polar surface area (TPSA) is 41.5 Å². The molecule has 2 saturated carbocycles. The molecule has 0 spiro atoms. The van der Waals surface area contributed by atoms with Crippen LogP contribution in [0.3, 0.4) is 0 Å². The van der Waals surface area contributed by atoms with E-state index in [4.69, 9.17) is 4.84 Å². The van der Waals surface area contributed by atoms with Crippen molar-refractivity contribution in [2.75, 3.05) is 13.2 Å². The Balaban J connectivity index is 1.69. The summed E-state index contributed by atoms with van der Waals surface area (Å²) in [7, 11) is 0. The van der Waals surface area contributed by atoms with E-state index < -0.39 is 0 Å². The zero-order valence-electron chi connectivity index (χ0n) is 10.2. The van der Waals surface area contributed by atoms with Gasteiger partial charge in [0.1, 0.15) is 0 Å². The van der Waals surface area contributed by atoms with Gasteiger partial charge in [-0.15, -0.1) is 0 Å². The standard InChI is InChI=1S/C13H25NO2/c15-11-13(8-4-1-5-9-13)10-14-16-12-6-2-3-7-12/h12,14-15H,1-11H2. The van der Waals surface area contributed by atoms with E-state index in [2.05, 4.69) is 5.48 Å². The van der Waals surface area contributed by atoms with Crippen molar-refractivity contribution in [3.63, 3.8) is 0 Å². The molecule has 0 saturated heterocycles. The minimum absolute atomic E-state index is 0.0941. The highest BCUT2D eigenvalue weighted by Gasteiger charge is 2.31. The second-order valence-corrected chi connectivity index (χ2v) is 5.56. The van der Waals surface area contributed by atoms with Crippen molar-refractivity contribution in [1.29, 1.82) is 0 Å². The number of nitrogens with one attached hydrogen (secondary N) is 1. The summed E-state index contributed by atoms with van der Waals surface area (Å²) in [4.78, 5) is 5.67. The first-order valence-electron chi connectivity index (χ1n) is 6.84. The van der Waals surface area contributed by atoms with Gasteiger partial charge in [-0.3, -0.25) is 4.84 Å². The van der Waals surface area contributed by atoms with Crippen LogP contribution in [-0.2, 0) is 4.84 Å². The van der Waals surface area contributed by atoms with Crippen molar-refractivity contribution >= 4 is 0 Å². The van der Waals surface area contributed by atoms with Crippen LogP contribution in [0.4, 0.5) is 0 Å². The molecule has 0 aliphatic heterocycles. The van der Waals surface area contributed by atoms with Crippen LogP contribution < -0.4 is 5.48 Å². The van der Waals surface area contributed by atoms with Gasteiger partial charge in [0, 0.05) is 18.6 Å². The Morgan fingerprint density at radius 3 is 2.38 bits per heavy atom. The van der Waals surface area contributed by atoms with E-state index in [-0.39, 0.29) is 5.41 Å². The molecule has 2 rings (SSSR count). The van der Waals surface area contributed by atoms with Gasteiger partial charge in [0.25, 0.3) is 0 Å². The molecule has 0 atom stereocenters. The normalized spacial score (nSPS) is 26.1. The predicted molar refractivity (Wildman–Crippen MR) is 63.9 cm³/mol. The molecule has 2 aliphatic rings. The van der Waals surface area contributed by atoms with E-state index in [0.29, 0.717) is 12.7 Å². The lowest BCUT2D eigenvalue weighted by atomic mass is 9.75. The summed E-state index contributed by atoms with van der Waals surface area (Å²) >= 11 is 0. The molecule has 0 bridgehead atoms. The zero-order valence-corrected chi connectivity index (χ0v) is 10.2. The lowest BCUT2D eigenvalue weighted by Crippen LogP contribution is -2.40. The van der Waals surface area contributed by atoms with Crippen molar-refractivity contribution < 1.29 is 9.94 Å². The van der Waals surface area contributed by atoms with Crippen LogP contribution in [0.2, 0.25) is 0 Å². The maximum Gasteiger partial charge on any atom is 0.0790 e. The van der Waals surface area contributed by atoms with Crippen LogP contribution in [0.1, 0.15) is 57.8 Å². The van der Waals surface area contributed by atoms with Gasteiger partial charge in [0.2, 0.25) is 0 Å². The van der Waals surface area contributed by atoms with Crippen LogP contribution in [0, 0.1) is 5.41 Å². The average molecular weight is 227 g/mol. The minimum atomic E-state index is 0.0941. The predicted octanol–water partition coefficient (Wildman–Crippen LogP) is 2.39. The molecular weight excluding hydrogens is 202 g/mol. The van der Waals surface area contributed by atoms with Crippen molar-refractivity contribution in [2.45, 2.75) is 63.9 Å². The Morgan fingerprint density at radius 2 is 1.75 bits per heavy atom. The van der Waals surface area contributed by atoms with Crippen molar-refractivity contribution in [3.05, 3.63) is 0 Å². The molecule has 3 nitrogen and oxygen atoms in total. The Morgan fingerprint density at radius 1 is 1.06 bits per heavy atom. The van der Waals surface area contributed by atoms with Crippen LogP contribution in [0.15, 0.2) is 0 Å². The molecular formula is C13H25NO2. The summed E-state index contributed by atoms with van der Waals surface area (Å²) in [5.74, 6) is 0. The van der Waals surface area contributed by atoms with E-state index in [1.807, 2.05) is 0 Å². The quantitative estimate of drug-likeness (QED) is 0.709. The third-order valence-electron chi connectivity index (χ3n) is 4.25. The first kappa shape index (κ1) is 12.3. The van der Waals surface area contributed by atoms with Gasteiger partial charge in [0.05, 0.1) is 6.10 Å². The molecule has 94 valence electrons. The fourth-order valence-electron chi connectivity index (χ4n) is 3.01. The summed E-state index contributed by atoms with van der Waals surface area (Å²) < 4.78 is 0. The molecule has 0 unspecified atom stereocenters. The van der Waals surface area contributed by atoms with E-state index in [0.717, 1.165) is 19.4 Å². The zero-order chi connectivity index (χ0) is 11.3. The average Bonchev–Trinajstić information content (AvgIpc) is 2.83. The molecule has 0 aromatic heterocycles. The van der Waals surface area contributed by atoms with Gasteiger partial charge in [0.15, 0.2) is 0 Å². The Labute approximate surface area is 98.5 Å². The first-order chi connectivity index (χ1) is 7.85. The van der Waals surface area contributed by atoms with Gasteiger partial charge < -0.3 is 5.11 Å². The Bertz CT molecular complexity index is 196. The number of hydrogen-bond acceptors (Lipinski definition) is 3. The summed E-state index contributed by atoms with van der Waals surface area (Å²) in [5.41, 5.74) is 3.22. The number of hydrogen-bond donors (Lipinski definition) is 2. The maximum atomic E-state index is 9.54. The Kier molecular flexibility index (Phi) is 4.62. The highest BCUT2D eigenvalue weighted by Crippen LogP contribution is 2.35. The number of hydroxylamine groups is 1. The third-order valence-corrected chi connectivity index (χ3v) is 4.25. The van der Waals surface area contributed by atoms with Crippen molar-refractivity contribution in [2.24, 2.45) is 5.41 Å². The largest absolute Gasteiger partial charge is 0.396 e. The molecule has 0 heterocycles. The van der Waals surface area contributed by atoms with Crippen LogP contribution in [-0.4, -0.2) is 24.4 Å². The smallest absolute Gasteiger partial charge is 0.0790 e. The lowest BCUT2D eigenvalue weighted by molar-refractivity contribution is -0.0526. The van der Waals surface area contributed by atoms with E-state index in [1.54, 1.807) is 0 Å². The molecule has 2 aliphatic carbocycles. The first-order valence-corrected chi connectivity index (χ1v) is 6.84. The number of aliphatic hydroxyl groups excluding tert-OH is 1. The monoisotopic (exact) mass is 227 g/mol. The Hall–Kier alpha value is -0.120. The highest BCUT2D eigenvalue weighted by atomic mass is 16.7. The van der Waals surface area contributed by atoms with E-state index in [1.165, 1.54) is 44.9 Å². The fourth-order valence-corrected chi connectivity index (χ4v) is 3.01. The molecule has 2 fully saturated rings. The van der Waals surface area contributed by atoms with E-state index in [9.17, 15) is 5.11 Å². The van der Waals surface area contributed by atoms with Crippen LogP contribution >= 0.6 is 0 Å². The minimum Gasteiger partial charge on any atom is -0.396 e. The molecule has 0 radical (unpaired) electrons. The van der Waals surface area contributed by atoms with Crippen LogP contribution in [0.25, 0.3) is 0 Å². The molecule has 0 amide bonds. The molecule has 16 heavy (non-hydrogen) atoms. The van der Waals surface area contributed by atoms with Crippen molar-refractivity contribution in [1.82, 2.24) is 5.48 Å². The second-order valence-electron chi connectivity index (χ2n) is 5.56. The SMILES string of the molecule is OCC1(CNOC2CCCC2)CCCCC1. The third kappa shape index (κ3) is 3.19. The van der Waals surface area contributed by atoms with Crippen molar-refractivity contribution in [3.8, 4) is 0 Å². The van der Waals surface area contributed by atoms with Gasteiger partial charge >= 0.3 is 0 Å². The molecule has 0 aromatic rings. The summed E-state index contributed by atoms with van der Waals surface area (Å²) in [6.45, 7) is 1.12. The van der Waals surface area contributed by atoms with Gasteiger partial charge in [-0.1, -0.05) is 32.1 Å². The van der Waals surface area contributed by atoms with Gasteiger partial charge in [-0.25, -0.2) is 5.48 Å². The number of aliphatic hydroxyl groups is 1. The van der Waals surface area contributed by atoms with Crippen LogP contribution in [0.5, 0.6) is 0 Å². The van der Waals surface area contributed by atoms with Gasteiger partial charge in [-0.05, 0) is 25.7 Å². The second kappa shape index (κ2) is 5.99. The van der Waals surface area contributed by atoms with Gasteiger partial charge in [-0.2, -0.15) is 0 Å². The molecule has 0 aromatic carbocycles. The molecule has 2 N–H and O–H groups in total. The number of rotatable bonds is 5. The maximum absolute atomic E-state index is 9.54. The summed E-state index contributed by atoms with van der Waals surface area (Å²) in [5, 5.41) is 9.54. The summed E-state index contributed by atoms with van der Waals surface area (Å²) in [6.07, 6.45) is 11.5. The fraction of sp³-hybridized carbons (Fsp3) is 1.00. The summed E-state index contributed by atoms with van der Waals surface area (Å²) in [6, 6.07) is 0. The lowest BCUT2D eigenvalue weighted by Gasteiger charge is -2.35. The van der Waals surface area contributed by atoms with E-state index >= 15 is 0 Å². The molecule has 3 heteroatoms. The highest BCUT2D eigenvalue weighted by molar-refractivity contribution is 4.83.